The average Bonchev–Trinajstić information content (AvgIpc) is 3.63. The zero-order chi connectivity index (χ0) is 30.0. The highest BCUT2D eigenvalue weighted by Gasteiger charge is 2.18. The first-order valence-corrected chi connectivity index (χ1v) is 14.2. The maximum absolute atomic E-state index is 13.6. The minimum Gasteiger partial charge on any atom is -0.353 e. The van der Waals surface area contributed by atoms with Crippen molar-refractivity contribution in [3.8, 4) is 22.4 Å². The van der Waals surface area contributed by atoms with Crippen LogP contribution in [0.1, 0.15) is 27.3 Å². The standard InChI is InChI=1S/C34H26FN7O2/c35-24-9-6-22(7-10-24)30-29(21-12-17-36-18-13-21)28-11-8-23(20-42(28)41-30)33(43)38-15-3-16-39-34(44)32-31-26(14-19-37-32)25-4-1-2-5-27(25)40-31/h1-2,4-14,17-20,40H,3,15-16H2,(H,38,43)(H,39,44). The zero-order valence-electron chi connectivity index (χ0n) is 23.4. The monoisotopic (exact) mass is 583 g/mol. The Bertz CT molecular complexity index is 2150. The highest BCUT2D eigenvalue weighted by molar-refractivity contribution is 6.13. The molecule has 0 bridgehead atoms. The van der Waals surface area contributed by atoms with Gasteiger partial charge in [-0.05, 0) is 72.6 Å². The number of aromatic nitrogens is 5. The predicted molar refractivity (Wildman–Crippen MR) is 167 cm³/mol. The van der Waals surface area contributed by atoms with Crippen LogP contribution in [0.2, 0.25) is 0 Å². The summed E-state index contributed by atoms with van der Waals surface area (Å²) in [5, 5.41) is 12.6. The SMILES string of the molecule is O=C(NCCCNC(=O)c1nccc2c1[nH]c1ccccc12)c1ccc2c(-c3ccncc3)c(-c3ccc(F)cc3)nn2c1. The van der Waals surface area contributed by atoms with Crippen molar-refractivity contribution in [2.24, 2.45) is 0 Å². The number of fused-ring (bicyclic) bond motifs is 4. The third-order valence-electron chi connectivity index (χ3n) is 7.55. The molecule has 0 saturated carbocycles. The number of para-hydroxylation sites is 1. The molecular weight excluding hydrogens is 557 g/mol. The van der Waals surface area contributed by atoms with Gasteiger partial charge in [-0.15, -0.1) is 0 Å². The van der Waals surface area contributed by atoms with Gasteiger partial charge in [0.25, 0.3) is 11.8 Å². The topological polar surface area (TPSA) is 117 Å². The number of rotatable bonds is 8. The van der Waals surface area contributed by atoms with Gasteiger partial charge >= 0.3 is 0 Å². The number of halogens is 1. The van der Waals surface area contributed by atoms with Crippen molar-refractivity contribution in [2.45, 2.75) is 6.42 Å². The van der Waals surface area contributed by atoms with E-state index < -0.39 is 0 Å². The Balaban J connectivity index is 1.02. The third-order valence-corrected chi connectivity index (χ3v) is 7.55. The molecule has 10 heteroatoms. The maximum atomic E-state index is 13.6. The van der Waals surface area contributed by atoms with Gasteiger partial charge in [0.2, 0.25) is 0 Å². The number of nitrogens with one attached hydrogen (secondary N) is 3. The number of benzene rings is 2. The van der Waals surface area contributed by atoms with E-state index in [1.54, 1.807) is 47.5 Å². The Morgan fingerprint density at radius 2 is 1.57 bits per heavy atom. The molecule has 9 nitrogen and oxygen atoms in total. The number of carbonyl (C=O) groups excluding carboxylic acids is 2. The molecule has 3 N–H and O–H groups in total. The second-order valence-corrected chi connectivity index (χ2v) is 10.3. The van der Waals surface area contributed by atoms with Crippen LogP contribution in [0.15, 0.2) is 104 Å². The second kappa shape index (κ2) is 11.4. The van der Waals surface area contributed by atoms with E-state index in [9.17, 15) is 14.0 Å². The number of carbonyl (C=O) groups is 2. The van der Waals surface area contributed by atoms with Crippen molar-refractivity contribution in [3.63, 3.8) is 0 Å². The van der Waals surface area contributed by atoms with Crippen LogP contribution in [0.25, 0.3) is 49.7 Å². The molecule has 0 aliphatic carbocycles. The predicted octanol–water partition coefficient (Wildman–Crippen LogP) is 5.78. The number of aromatic amines is 1. The van der Waals surface area contributed by atoms with Gasteiger partial charge in [-0.2, -0.15) is 5.10 Å². The summed E-state index contributed by atoms with van der Waals surface area (Å²) >= 11 is 0. The van der Waals surface area contributed by atoms with Crippen molar-refractivity contribution < 1.29 is 14.0 Å². The highest BCUT2D eigenvalue weighted by Crippen LogP contribution is 2.35. The number of nitrogens with zero attached hydrogens (tertiary/aromatic N) is 4. The molecule has 5 aromatic heterocycles. The Morgan fingerprint density at radius 1 is 0.795 bits per heavy atom. The van der Waals surface area contributed by atoms with E-state index in [1.165, 1.54) is 12.1 Å². The lowest BCUT2D eigenvalue weighted by Gasteiger charge is -2.08. The molecule has 0 fully saturated rings. The minimum atomic E-state index is -0.329. The fourth-order valence-corrected chi connectivity index (χ4v) is 5.42. The van der Waals surface area contributed by atoms with E-state index in [0.29, 0.717) is 42.0 Å². The van der Waals surface area contributed by atoms with Gasteiger partial charge in [0.05, 0.1) is 16.6 Å². The van der Waals surface area contributed by atoms with Gasteiger partial charge in [-0.25, -0.2) is 13.9 Å². The molecule has 0 atom stereocenters. The molecule has 2 amide bonds. The van der Waals surface area contributed by atoms with E-state index >= 15 is 0 Å². The number of amides is 2. The van der Waals surface area contributed by atoms with Crippen LogP contribution >= 0.6 is 0 Å². The van der Waals surface area contributed by atoms with Gasteiger partial charge in [0.15, 0.2) is 5.69 Å². The normalized spacial score (nSPS) is 11.3. The molecule has 2 aromatic carbocycles. The fourth-order valence-electron chi connectivity index (χ4n) is 5.42. The first kappa shape index (κ1) is 27.0. The van der Waals surface area contributed by atoms with E-state index in [0.717, 1.165) is 38.5 Å². The van der Waals surface area contributed by atoms with Crippen molar-refractivity contribution >= 4 is 39.1 Å². The quantitative estimate of drug-likeness (QED) is 0.196. The van der Waals surface area contributed by atoms with Crippen molar-refractivity contribution in [2.75, 3.05) is 13.1 Å². The van der Waals surface area contributed by atoms with Crippen LogP contribution in [0, 0.1) is 5.82 Å². The van der Waals surface area contributed by atoms with Gasteiger partial charge < -0.3 is 15.6 Å². The number of H-pyrrole nitrogens is 1. The first-order chi connectivity index (χ1) is 21.6. The zero-order valence-corrected chi connectivity index (χ0v) is 23.4. The molecule has 0 radical (unpaired) electrons. The van der Waals surface area contributed by atoms with E-state index in [-0.39, 0.29) is 17.6 Å². The maximum Gasteiger partial charge on any atom is 0.272 e. The van der Waals surface area contributed by atoms with Crippen molar-refractivity contribution in [1.82, 2.24) is 35.2 Å². The number of hydrogen-bond donors (Lipinski definition) is 3. The van der Waals surface area contributed by atoms with Crippen molar-refractivity contribution in [3.05, 3.63) is 121 Å². The van der Waals surface area contributed by atoms with Crippen LogP contribution in [0.4, 0.5) is 4.39 Å². The third kappa shape index (κ3) is 5.02. The van der Waals surface area contributed by atoms with Crippen LogP contribution in [0.5, 0.6) is 0 Å². The summed E-state index contributed by atoms with van der Waals surface area (Å²) < 4.78 is 15.3. The Hall–Kier alpha value is -5.90. The molecule has 44 heavy (non-hydrogen) atoms. The van der Waals surface area contributed by atoms with Gasteiger partial charge in [-0.1, -0.05) is 18.2 Å². The lowest BCUT2D eigenvalue weighted by Crippen LogP contribution is -2.30. The summed E-state index contributed by atoms with van der Waals surface area (Å²) in [5.41, 5.74) is 6.40. The molecule has 0 aliphatic rings. The molecular formula is C34H26FN7O2. The van der Waals surface area contributed by atoms with Gasteiger partial charge in [0, 0.05) is 65.3 Å². The molecule has 0 aliphatic heterocycles. The first-order valence-electron chi connectivity index (χ1n) is 14.2. The summed E-state index contributed by atoms with van der Waals surface area (Å²) in [6.45, 7) is 0.731. The fraction of sp³-hybridized carbons (Fsp3) is 0.0882. The van der Waals surface area contributed by atoms with E-state index in [4.69, 9.17) is 5.10 Å². The van der Waals surface area contributed by atoms with Crippen LogP contribution in [-0.2, 0) is 0 Å². The molecule has 0 unspecified atom stereocenters. The molecule has 0 spiro atoms. The summed E-state index contributed by atoms with van der Waals surface area (Å²) in [6.07, 6.45) is 7.26. The smallest absolute Gasteiger partial charge is 0.272 e. The number of hydrogen-bond acceptors (Lipinski definition) is 5. The highest BCUT2D eigenvalue weighted by atomic mass is 19.1. The second-order valence-electron chi connectivity index (χ2n) is 10.3. The largest absolute Gasteiger partial charge is 0.353 e. The van der Waals surface area contributed by atoms with Crippen LogP contribution in [0.3, 0.4) is 0 Å². The van der Waals surface area contributed by atoms with Crippen LogP contribution < -0.4 is 10.6 Å². The molecule has 7 rings (SSSR count). The summed E-state index contributed by atoms with van der Waals surface area (Å²) in [6, 6.07) is 23.3. The van der Waals surface area contributed by atoms with Gasteiger partial charge in [-0.3, -0.25) is 14.6 Å². The Kier molecular flexibility index (Phi) is 6.99. The lowest BCUT2D eigenvalue weighted by molar-refractivity contribution is 0.0949. The average molecular weight is 584 g/mol. The van der Waals surface area contributed by atoms with E-state index in [1.807, 2.05) is 48.5 Å². The summed E-state index contributed by atoms with van der Waals surface area (Å²) in [7, 11) is 0. The minimum absolute atomic E-state index is 0.257. The summed E-state index contributed by atoms with van der Waals surface area (Å²) in [4.78, 5) is 37.6. The van der Waals surface area contributed by atoms with Gasteiger partial charge in [0.1, 0.15) is 11.5 Å². The number of pyridine rings is 3. The Labute approximate surface area is 250 Å². The molecule has 7 aromatic rings. The van der Waals surface area contributed by atoms with Crippen LogP contribution in [-0.4, -0.2) is 49.5 Å². The summed E-state index contributed by atoms with van der Waals surface area (Å²) in [5.74, 6) is -0.865. The van der Waals surface area contributed by atoms with E-state index in [2.05, 4.69) is 25.6 Å². The molecule has 0 saturated heterocycles. The molecule has 216 valence electrons. The van der Waals surface area contributed by atoms with Crippen molar-refractivity contribution in [1.29, 1.82) is 0 Å². The molecule has 5 heterocycles. The lowest BCUT2D eigenvalue weighted by atomic mass is 10.0. The Morgan fingerprint density at radius 3 is 2.39 bits per heavy atom.